The summed E-state index contributed by atoms with van der Waals surface area (Å²) in [6.45, 7) is 6.38. The molecule has 1 aliphatic rings. The molecule has 2 atom stereocenters. The second-order valence-electron chi connectivity index (χ2n) is 8.20. The molecule has 29 heavy (non-hydrogen) atoms. The van der Waals surface area contributed by atoms with E-state index < -0.39 is 18.4 Å². The van der Waals surface area contributed by atoms with E-state index in [4.69, 9.17) is 18.9 Å². The van der Waals surface area contributed by atoms with Gasteiger partial charge in [0.25, 0.3) is 0 Å². The van der Waals surface area contributed by atoms with Crippen molar-refractivity contribution in [3.8, 4) is 0 Å². The number of hydrogen-bond donors (Lipinski definition) is 0. The van der Waals surface area contributed by atoms with Gasteiger partial charge >= 0.3 is 6.09 Å². The van der Waals surface area contributed by atoms with Gasteiger partial charge in [0.15, 0.2) is 12.1 Å². The maximum atomic E-state index is 12.9. The molecule has 2 rings (SSSR count). The van der Waals surface area contributed by atoms with E-state index in [9.17, 15) is 9.59 Å². The summed E-state index contributed by atoms with van der Waals surface area (Å²) >= 11 is 0. The minimum absolute atomic E-state index is 0.0410. The largest absolute Gasteiger partial charge is 0.445 e. The number of carbonyl (C=O) groups excluding carboxylic acids is 2. The minimum Gasteiger partial charge on any atom is -0.445 e. The van der Waals surface area contributed by atoms with Gasteiger partial charge in [-0.3, -0.25) is 9.69 Å². The van der Waals surface area contributed by atoms with Crippen molar-refractivity contribution in [3.63, 3.8) is 0 Å². The molecule has 0 aliphatic carbocycles. The van der Waals surface area contributed by atoms with E-state index in [0.29, 0.717) is 19.4 Å². The molecule has 162 valence electrons. The van der Waals surface area contributed by atoms with Crippen LogP contribution in [0.3, 0.4) is 0 Å². The van der Waals surface area contributed by atoms with Crippen molar-refractivity contribution in [2.24, 2.45) is 0 Å². The van der Waals surface area contributed by atoms with Gasteiger partial charge in [-0.2, -0.15) is 0 Å². The van der Waals surface area contributed by atoms with Gasteiger partial charge in [-0.15, -0.1) is 0 Å². The highest BCUT2D eigenvalue weighted by atomic mass is 16.7. The van der Waals surface area contributed by atoms with Gasteiger partial charge in [-0.25, -0.2) is 4.79 Å². The molecule has 1 fully saturated rings. The number of nitrogens with zero attached hydrogens (tertiary/aromatic N) is 1. The molecule has 7 heteroatoms. The Bertz CT molecular complexity index is 653. The Balaban J connectivity index is 2.03. The van der Waals surface area contributed by atoms with Crippen molar-refractivity contribution in [2.45, 2.75) is 70.7 Å². The first-order valence-corrected chi connectivity index (χ1v) is 9.97. The van der Waals surface area contributed by atoms with Crippen LogP contribution in [0.1, 0.15) is 45.6 Å². The fourth-order valence-electron chi connectivity index (χ4n) is 3.45. The average molecular weight is 408 g/mol. The molecule has 1 saturated heterocycles. The highest BCUT2D eigenvalue weighted by Crippen LogP contribution is 2.27. The number of carbonyl (C=O) groups is 2. The molecular formula is C22H33NO6. The smallest absolute Gasteiger partial charge is 0.410 e. The summed E-state index contributed by atoms with van der Waals surface area (Å²) in [6, 6.07) is 8.89. The number of amides is 1. The van der Waals surface area contributed by atoms with Crippen molar-refractivity contribution in [1.82, 2.24) is 4.90 Å². The number of rotatable bonds is 9. The quantitative estimate of drug-likeness (QED) is 0.583. The number of Topliss-reactive ketones (excluding diaryl/α,β-unsaturated/α-hetero) is 1. The second-order valence-corrected chi connectivity index (χ2v) is 8.20. The van der Waals surface area contributed by atoms with Crippen molar-refractivity contribution >= 4 is 11.9 Å². The molecular weight excluding hydrogens is 374 g/mol. The highest BCUT2D eigenvalue weighted by molar-refractivity contribution is 5.88. The van der Waals surface area contributed by atoms with Gasteiger partial charge < -0.3 is 18.9 Å². The van der Waals surface area contributed by atoms with E-state index in [0.717, 1.165) is 5.56 Å². The first-order chi connectivity index (χ1) is 13.7. The summed E-state index contributed by atoms with van der Waals surface area (Å²) in [7, 11) is 3.07. The number of hydrogen-bond acceptors (Lipinski definition) is 6. The number of methoxy groups -OCH3 is 2. The van der Waals surface area contributed by atoms with Crippen LogP contribution in [0.5, 0.6) is 0 Å². The number of ketones is 1. The van der Waals surface area contributed by atoms with Crippen LogP contribution in [0.4, 0.5) is 4.79 Å². The molecule has 1 heterocycles. The molecule has 1 amide bonds. The molecule has 0 N–H and O–H groups in total. The van der Waals surface area contributed by atoms with E-state index in [1.54, 1.807) is 0 Å². The SMILES string of the molecule is COC(CCC(=O)[C@@H]1CC(OC(C)(C)C)CN1C(=O)OCc1ccccc1)OC. The summed E-state index contributed by atoms with van der Waals surface area (Å²) in [4.78, 5) is 27.1. The van der Waals surface area contributed by atoms with Crippen LogP contribution in [0.25, 0.3) is 0 Å². The Labute approximate surface area is 173 Å². The summed E-state index contributed by atoms with van der Waals surface area (Å²) in [5, 5.41) is 0. The average Bonchev–Trinajstić information content (AvgIpc) is 3.09. The van der Waals surface area contributed by atoms with Crippen molar-refractivity contribution in [1.29, 1.82) is 0 Å². The predicted octanol–water partition coefficient (Wildman–Crippen LogP) is 3.55. The molecule has 0 spiro atoms. The first kappa shape index (κ1) is 23.3. The van der Waals surface area contributed by atoms with Gasteiger partial charge in [0, 0.05) is 33.5 Å². The zero-order chi connectivity index (χ0) is 21.4. The summed E-state index contributed by atoms with van der Waals surface area (Å²) < 4.78 is 21.8. The number of ether oxygens (including phenoxy) is 4. The molecule has 1 aliphatic heterocycles. The van der Waals surface area contributed by atoms with Crippen molar-refractivity contribution < 1.29 is 28.5 Å². The van der Waals surface area contributed by atoms with Crippen LogP contribution in [0, 0.1) is 0 Å². The van der Waals surface area contributed by atoms with E-state index >= 15 is 0 Å². The van der Waals surface area contributed by atoms with Crippen LogP contribution >= 0.6 is 0 Å². The third-order valence-corrected chi connectivity index (χ3v) is 4.75. The number of benzene rings is 1. The Kier molecular flexibility index (Phi) is 8.61. The molecule has 1 aromatic carbocycles. The predicted molar refractivity (Wildman–Crippen MR) is 108 cm³/mol. The Morgan fingerprint density at radius 2 is 1.79 bits per heavy atom. The molecule has 1 aromatic rings. The monoisotopic (exact) mass is 407 g/mol. The van der Waals surface area contributed by atoms with Crippen LogP contribution < -0.4 is 0 Å². The lowest BCUT2D eigenvalue weighted by molar-refractivity contribution is -0.130. The van der Waals surface area contributed by atoms with Gasteiger partial charge in [0.2, 0.25) is 0 Å². The molecule has 0 aromatic heterocycles. The van der Waals surface area contributed by atoms with Crippen LogP contribution in [0.2, 0.25) is 0 Å². The maximum Gasteiger partial charge on any atom is 0.410 e. The Hall–Kier alpha value is -1.96. The Morgan fingerprint density at radius 1 is 1.14 bits per heavy atom. The van der Waals surface area contributed by atoms with Gasteiger partial charge in [-0.05, 0) is 26.3 Å². The lowest BCUT2D eigenvalue weighted by Crippen LogP contribution is -2.41. The van der Waals surface area contributed by atoms with Gasteiger partial charge in [0.05, 0.1) is 24.3 Å². The normalized spacial score (nSPS) is 19.6. The topological polar surface area (TPSA) is 74.3 Å². The highest BCUT2D eigenvalue weighted by Gasteiger charge is 2.41. The minimum atomic E-state index is -0.569. The lowest BCUT2D eigenvalue weighted by Gasteiger charge is -2.25. The molecule has 0 bridgehead atoms. The molecule has 1 unspecified atom stereocenters. The van der Waals surface area contributed by atoms with Gasteiger partial charge in [-0.1, -0.05) is 30.3 Å². The van der Waals surface area contributed by atoms with Gasteiger partial charge in [0.1, 0.15) is 6.61 Å². The second kappa shape index (κ2) is 10.7. The molecule has 0 saturated carbocycles. The zero-order valence-electron chi connectivity index (χ0n) is 18.1. The first-order valence-electron chi connectivity index (χ1n) is 9.97. The summed E-state index contributed by atoms with van der Waals surface area (Å²) in [5.41, 5.74) is 0.535. The summed E-state index contributed by atoms with van der Waals surface area (Å²) in [5.74, 6) is -0.0410. The maximum absolute atomic E-state index is 12.9. The van der Waals surface area contributed by atoms with E-state index in [1.807, 2.05) is 51.1 Å². The standard InChI is InChI=1S/C22H33NO6/c1-22(2,3)29-17-13-18(19(24)11-12-20(26-4)27-5)23(14-17)21(25)28-15-16-9-7-6-8-10-16/h6-10,17-18,20H,11-15H2,1-5H3/t17?,18-/m0/s1. The van der Waals surface area contributed by atoms with Crippen LogP contribution in [0.15, 0.2) is 30.3 Å². The zero-order valence-corrected chi connectivity index (χ0v) is 18.1. The molecule has 7 nitrogen and oxygen atoms in total. The Morgan fingerprint density at radius 3 is 2.38 bits per heavy atom. The fourth-order valence-corrected chi connectivity index (χ4v) is 3.45. The van der Waals surface area contributed by atoms with Crippen LogP contribution in [-0.4, -0.2) is 61.6 Å². The van der Waals surface area contributed by atoms with E-state index in [-0.39, 0.29) is 30.5 Å². The van der Waals surface area contributed by atoms with E-state index in [2.05, 4.69) is 0 Å². The van der Waals surface area contributed by atoms with Crippen LogP contribution in [-0.2, 0) is 30.3 Å². The number of likely N-dealkylation sites (tertiary alicyclic amines) is 1. The fraction of sp³-hybridized carbons (Fsp3) is 0.636. The van der Waals surface area contributed by atoms with Crippen molar-refractivity contribution in [3.05, 3.63) is 35.9 Å². The van der Waals surface area contributed by atoms with E-state index in [1.165, 1.54) is 19.1 Å². The molecule has 0 radical (unpaired) electrons. The summed E-state index contributed by atoms with van der Waals surface area (Å²) in [6.07, 6.45) is -0.0142. The van der Waals surface area contributed by atoms with Crippen molar-refractivity contribution in [2.75, 3.05) is 20.8 Å². The lowest BCUT2D eigenvalue weighted by atomic mass is 10.0. The third-order valence-electron chi connectivity index (χ3n) is 4.75. The third kappa shape index (κ3) is 7.42.